The first-order chi connectivity index (χ1) is 15.7. The minimum atomic E-state index is 0. The van der Waals surface area contributed by atoms with E-state index in [4.69, 9.17) is 9.72 Å². The second kappa shape index (κ2) is 12.5. The number of nitrogens with zero attached hydrogens (tertiary/aromatic N) is 3. The number of piperazine rings is 1. The molecule has 0 atom stereocenters. The van der Waals surface area contributed by atoms with Gasteiger partial charge in [-0.15, -0.1) is 24.2 Å². The molecule has 9 heteroatoms. The van der Waals surface area contributed by atoms with E-state index in [-0.39, 0.29) is 18.3 Å². The Hall–Kier alpha value is -2.00. The summed E-state index contributed by atoms with van der Waals surface area (Å²) in [5, 5.41) is 4.14. The molecule has 0 spiro atoms. The number of aromatic nitrogens is 1. The molecule has 1 fully saturated rings. The number of halogens is 1. The van der Waals surface area contributed by atoms with Gasteiger partial charge in [-0.25, -0.2) is 4.98 Å². The third-order valence-corrected chi connectivity index (χ3v) is 7.38. The Morgan fingerprint density at radius 2 is 1.97 bits per heavy atom. The van der Waals surface area contributed by atoms with Crippen LogP contribution < -0.4 is 15.0 Å². The van der Waals surface area contributed by atoms with Gasteiger partial charge in [0, 0.05) is 49.7 Å². The van der Waals surface area contributed by atoms with Crippen molar-refractivity contribution < 1.29 is 9.53 Å². The molecule has 0 unspecified atom stereocenters. The molecule has 4 rings (SSSR count). The highest BCUT2D eigenvalue weighted by Crippen LogP contribution is 2.32. The van der Waals surface area contributed by atoms with Gasteiger partial charge in [-0.2, -0.15) is 0 Å². The van der Waals surface area contributed by atoms with Crippen molar-refractivity contribution in [1.29, 1.82) is 0 Å². The van der Waals surface area contributed by atoms with Gasteiger partial charge in [-0.3, -0.25) is 9.69 Å². The second-order valence-electron chi connectivity index (χ2n) is 7.60. The van der Waals surface area contributed by atoms with Gasteiger partial charge < -0.3 is 15.0 Å². The van der Waals surface area contributed by atoms with Gasteiger partial charge in [0.2, 0.25) is 0 Å². The van der Waals surface area contributed by atoms with Crippen LogP contribution in [-0.4, -0.2) is 67.4 Å². The molecular weight excluding hydrogens is 476 g/mol. The number of anilines is 1. The number of benzene rings is 2. The van der Waals surface area contributed by atoms with Gasteiger partial charge in [0.25, 0.3) is 5.91 Å². The van der Waals surface area contributed by atoms with E-state index in [1.807, 2.05) is 43.3 Å². The molecule has 2 aromatic carbocycles. The molecule has 1 amide bonds. The summed E-state index contributed by atoms with van der Waals surface area (Å²) in [5.74, 6) is 1.91. The van der Waals surface area contributed by atoms with E-state index in [0.29, 0.717) is 13.2 Å². The molecule has 1 saturated heterocycles. The van der Waals surface area contributed by atoms with Crippen molar-refractivity contribution in [3.8, 4) is 5.75 Å². The van der Waals surface area contributed by atoms with Crippen molar-refractivity contribution in [3.63, 3.8) is 0 Å². The summed E-state index contributed by atoms with van der Waals surface area (Å²) < 4.78 is 6.77. The van der Waals surface area contributed by atoms with Crippen LogP contribution in [-0.2, 0) is 0 Å². The fourth-order valence-corrected chi connectivity index (χ4v) is 5.53. The quantitative estimate of drug-likeness (QED) is 0.421. The summed E-state index contributed by atoms with van der Waals surface area (Å²) in [7, 11) is 0. The molecular formula is C24H31ClN4O2S2. The zero-order valence-corrected chi connectivity index (χ0v) is 21.5. The lowest BCUT2D eigenvalue weighted by molar-refractivity contribution is 0.0947. The van der Waals surface area contributed by atoms with Crippen molar-refractivity contribution in [2.45, 2.75) is 18.7 Å². The average molecular weight is 507 g/mol. The molecule has 0 aliphatic carbocycles. The number of amides is 1. The van der Waals surface area contributed by atoms with Crippen LogP contribution in [0.5, 0.6) is 5.75 Å². The predicted octanol–water partition coefficient (Wildman–Crippen LogP) is 4.78. The van der Waals surface area contributed by atoms with E-state index in [1.165, 1.54) is 0 Å². The lowest BCUT2D eigenvalue weighted by Crippen LogP contribution is -2.48. The van der Waals surface area contributed by atoms with Gasteiger partial charge in [-0.1, -0.05) is 24.3 Å². The molecule has 1 aliphatic rings. The largest absolute Gasteiger partial charge is 0.494 e. The lowest BCUT2D eigenvalue weighted by atomic mass is 10.2. The van der Waals surface area contributed by atoms with E-state index in [1.54, 1.807) is 23.1 Å². The summed E-state index contributed by atoms with van der Waals surface area (Å²) >= 11 is 3.48. The third kappa shape index (κ3) is 6.76. The van der Waals surface area contributed by atoms with Crippen LogP contribution in [0.4, 0.5) is 5.13 Å². The monoisotopic (exact) mass is 506 g/mol. The molecule has 1 aromatic heterocycles. The maximum absolute atomic E-state index is 12.5. The summed E-state index contributed by atoms with van der Waals surface area (Å²) in [5.41, 5.74) is 1.76. The first-order valence-electron chi connectivity index (χ1n) is 11.2. The fourth-order valence-electron chi connectivity index (χ4n) is 3.77. The molecule has 1 aliphatic heterocycles. The number of thiazole rings is 1. The van der Waals surface area contributed by atoms with Crippen molar-refractivity contribution in [1.82, 2.24) is 15.2 Å². The normalized spacial score (nSPS) is 14.2. The highest BCUT2D eigenvalue weighted by Gasteiger charge is 2.20. The molecule has 2 heterocycles. The number of fused-ring (bicyclic) bond motifs is 1. The Labute approximate surface area is 210 Å². The van der Waals surface area contributed by atoms with Gasteiger partial charge in [0.1, 0.15) is 5.75 Å². The van der Waals surface area contributed by atoms with Gasteiger partial charge in [0.15, 0.2) is 5.13 Å². The molecule has 178 valence electrons. The lowest BCUT2D eigenvalue weighted by Gasteiger charge is -2.34. The van der Waals surface area contributed by atoms with E-state index in [0.717, 1.165) is 70.0 Å². The highest BCUT2D eigenvalue weighted by molar-refractivity contribution is 7.99. The smallest absolute Gasteiger partial charge is 0.251 e. The minimum absolute atomic E-state index is 0. The number of thioether (sulfide) groups is 1. The van der Waals surface area contributed by atoms with Crippen LogP contribution in [0.25, 0.3) is 10.2 Å². The topological polar surface area (TPSA) is 57.7 Å². The van der Waals surface area contributed by atoms with Crippen LogP contribution in [0, 0.1) is 0 Å². The summed E-state index contributed by atoms with van der Waals surface area (Å²) in [6.45, 7) is 10.1. The SMILES string of the molecule is CCOc1ccc2nc(N3CCN(CCNC(=O)c4cccc(SCC)c4)CC3)sc2c1.Cl. The van der Waals surface area contributed by atoms with Crippen LogP contribution in [0.15, 0.2) is 47.4 Å². The summed E-state index contributed by atoms with van der Waals surface area (Å²) in [4.78, 5) is 23.2. The van der Waals surface area contributed by atoms with Crippen LogP contribution in [0.3, 0.4) is 0 Å². The molecule has 1 N–H and O–H groups in total. The summed E-state index contributed by atoms with van der Waals surface area (Å²) in [6, 6.07) is 14.0. The van der Waals surface area contributed by atoms with E-state index >= 15 is 0 Å². The number of nitrogens with one attached hydrogen (secondary N) is 1. The summed E-state index contributed by atoms with van der Waals surface area (Å²) in [6.07, 6.45) is 0. The standard InChI is InChI=1S/C24H30N4O2S2.ClH/c1-3-30-19-8-9-21-22(17-19)32-24(26-21)28-14-12-27(13-15-28)11-10-25-23(29)18-6-5-7-20(16-18)31-4-2;/h5-9,16-17H,3-4,10-15H2,1-2H3,(H,25,29);1H. The number of ether oxygens (including phenoxy) is 1. The van der Waals surface area contributed by atoms with Gasteiger partial charge >= 0.3 is 0 Å². The molecule has 0 bridgehead atoms. The predicted molar refractivity (Wildman–Crippen MR) is 142 cm³/mol. The van der Waals surface area contributed by atoms with Crippen LogP contribution >= 0.6 is 35.5 Å². The third-order valence-electron chi connectivity index (χ3n) is 5.42. The maximum Gasteiger partial charge on any atom is 0.251 e. The van der Waals surface area contributed by atoms with Crippen molar-refractivity contribution in [2.75, 3.05) is 56.5 Å². The number of rotatable bonds is 9. The first kappa shape index (κ1) is 25.6. The van der Waals surface area contributed by atoms with E-state index in [9.17, 15) is 4.79 Å². The fraction of sp³-hybridized carbons (Fsp3) is 0.417. The average Bonchev–Trinajstić information content (AvgIpc) is 3.23. The number of hydrogen-bond acceptors (Lipinski definition) is 7. The van der Waals surface area contributed by atoms with Crippen LogP contribution in [0.1, 0.15) is 24.2 Å². The first-order valence-corrected chi connectivity index (χ1v) is 13.0. The Kier molecular flexibility index (Phi) is 9.67. The Morgan fingerprint density at radius 1 is 1.15 bits per heavy atom. The number of carbonyl (C=O) groups is 1. The Morgan fingerprint density at radius 3 is 2.73 bits per heavy atom. The van der Waals surface area contributed by atoms with Crippen molar-refractivity contribution in [3.05, 3.63) is 48.0 Å². The van der Waals surface area contributed by atoms with E-state index in [2.05, 4.69) is 28.1 Å². The second-order valence-corrected chi connectivity index (χ2v) is 9.95. The van der Waals surface area contributed by atoms with Crippen LogP contribution in [0.2, 0.25) is 0 Å². The van der Waals surface area contributed by atoms with E-state index < -0.39 is 0 Å². The Bertz CT molecular complexity index is 1050. The molecule has 33 heavy (non-hydrogen) atoms. The Balaban J connectivity index is 0.00000306. The highest BCUT2D eigenvalue weighted by atomic mass is 35.5. The molecule has 3 aromatic rings. The zero-order valence-electron chi connectivity index (χ0n) is 19.1. The molecule has 0 saturated carbocycles. The maximum atomic E-state index is 12.5. The van der Waals surface area contributed by atoms with Crippen molar-refractivity contribution in [2.24, 2.45) is 0 Å². The number of carbonyl (C=O) groups excluding carboxylic acids is 1. The number of hydrogen-bond donors (Lipinski definition) is 1. The minimum Gasteiger partial charge on any atom is -0.494 e. The zero-order chi connectivity index (χ0) is 22.3. The van der Waals surface area contributed by atoms with Gasteiger partial charge in [0.05, 0.1) is 16.8 Å². The van der Waals surface area contributed by atoms with Gasteiger partial charge in [-0.05, 0) is 49.1 Å². The molecule has 0 radical (unpaired) electrons. The molecule has 6 nitrogen and oxygen atoms in total. The van der Waals surface area contributed by atoms with Crippen molar-refractivity contribution >= 4 is 56.8 Å².